The maximum absolute atomic E-state index is 12.6. The highest BCUT2D eigenvalue weighted by atomic mass is 16.2. The molecule has 0 spiro atoms. The number of hydrogen-bond acceptors (Lipinski definition) is 1. The van der Waals surface area contributed by atoms with E-state index in [4.69, 9.17) is 0 Å². The van der Waals surface area contributed by atoms with Gasteiger partial charge < -0.3 is 4.90 Å². The molecule has 2 rings (SSSR count). The lowest BCUT2D eigenvalue weighted by Crippen LogP contribution is -2.42. The Bertz CT molecular complexity index is 323. The van der Waals surface area contributed by atoms with Crippen LogP contribution in [0.15, 0.2) is 12.2 Å². The topological polar surface area (TPSA) is 20.3 Å². The van der Waals surface area contributed by atoms with Gasteiger partial charge in [0.25, 0.3) is 0 Å². The minimum atomic E-state index is 0.158. The largest absolute Gasteiger partial charge is 0.342 e. The summed E-state index contributed by atoms with van der Waals surface area (Å²) in [5.41, 5.74) is 0. The van der Waals surface area contributed by atoms with Crippen molar-refractivity contribution >= 4 is 5.91 Å². The normalized spacial score (nSPS) is 30.5. The predicted octanol–water partition coefficient (Wildman–Crippen LogP) is 4.16. The van der Waals surface area contributed by atoms with Crippen molar-refractivity contribution in [2.24, 2.45) is 11.8 Å². The van der Waals surface area contributed by atoms with Crippen molar-refractivity contribution in [1.82, 2.24) is 4.90 Å². The maximum Gasteiger partial charge on any atom is 0.229 e. The summed E-state index contributed by atoms with van der Waals surface area (Å²) >= 11 is 0. The first-order valence-corrected chi connectivity index (χ1v) is 8.17. The standard InChI is InChI=1S/C17H29NO/c1-3-4-9-14-12-8-13-16(14)18(2)17(19)15-10-6-5-7-11-15/h6,10,14-16H,3-5,7-9,11-13H2,1-2H3. The lowest BCUT2D eigenvalue weighted by atomic mass is 9.92. The third kappa shape index (κ3) is 3.61. The van der Waals surface area contributed by atoms with Gasteiger partial charge in [0.05, 0.1) is 5.92 Å². The zero-order chi connectivity index (χ0) is 13.7. The van der Waals surface area contributed by atoms with Crippen LogP contribution >= 0.6 is 0 Å². The van der Waals surface area contributed by atoms with Crippen LogP contribution in [0.3, 0.4) is 0 Å². The van der Waals surface area contributed by atoms with Gasteiger partial charge in [0.2, 0.25) is 5.91 Å². The molecule has 0 radical (unpaired) electrons. The Morgan fingerprint density at radius 2 is 2.11 bits per heavy atom. The van der Waals surface area contributed by atoms with E-state index in [0.717, 1.165) is 18.8 Å². The molecule has 0 heterocycles. The molecule has 2 nitrogen and oxygen atoms in total. The molecule has 1 amide bonds. The summed E-state index contributed by atoms with van der Waals surface area (Å²) in [7, 11) is 2.04. The van der Waals surface area contributed by atoms with E-state index in [1.165, 1.54) is 44.9 Å². The molecule has 1 saturated carbocycles. The fourth-order valence-corrected chi connectivity index (χ4v) is 3.77. The summed E-state index contributed by atoms with van der Waals surface area (Å²) in [6, 6.07) is 0.509. The lowest BCUT2D eigenvalue weighted by Gasteiger charge is -2.32. The number of carbonyl (C=O) groups is 1. The lowest BCUT2D eigenvalue weighted by molar-refractivity contribution is -0.135. The molecule has 3 unspecified atom stereocenters. The van der Waals surface area contributed by atoms with Crippen molar-refractivity contribution < 1.29 is 4.79 Å². The van der Waals surface area contributed by atoms with Crippen molar-refractivity contribution in [3.8, 4) is 0 Å². The van der Waals surface area contributed by atoms with E-state index >= 15 is 0 Å². The number of rotatable bonds is 5. The minimum absolute atomic E-state index is 0.158. The maximum atomic E-state index is 12.6. The van der Waals surface area contributed by atoms with E-state index in [9.17, 15) is 4.79 Å². The number of allylic oxidation sites excluding steroid dienone is 1. The van der Waals surface area contributed by atoms with Crippen molar-refractivity contribution in [3.63, 3.8) is 0 Å². The SMILES string of the molecule is CCCCC1CCCC1N(C)C(=O)C1C=CCCC1. The van der Waals surface area contributed by atoms with Crippen LogP contribution in [-0.4, -0.2) is 23.9 Å². The van der Waals surface area contributed by atoms with E-state index in [1.54, 1.807) is 0 Å². The fraction of sp³-hybridized carbons (Fsp3) is 0.824. The first-order valence-electron chi connectivity index (χ1n) is 8.17. The fourth-order valence-electron chi connectivity index (χ4n) is 3.77. The Morgan fingerprint density at radius 1 is 1.26 bits per heavy atom. The van der Waals surface area contributed by atoms with E-state index in [1.807, 2.05) is 7.05 Å². The second kappa shape index (κ2) is 7.12. The van der Waals surface area contributed by atoms with Gasteiger partial charge in [-0.05, 0) is 44.4 Å². The number of unbranched alkanes of at least 4 members (excludes halogenated alkanes) is 1. The van der Waals surface area contributed by atoms with Gasteiger partial charge in [0.1, 0.15) is 0 Å². The van der Waals surface area contributed by atoms with Gasteiger partial charge in [0.15, 0.2) is 0 Å². The average molecular weight is 263 g/mol. The Hall–Kier alpha value is -0.790. The number of nitrogens with zero attached hydrogens (tertiary/aromatic N) is 1. The summed E-state index contributed by atoms with van der Waals surface area (Å²) in [5.74, 6) is 1.27. The summed E-state index contributed by atoms with van der Waals surface area (Å²) in [5, 5.41) is 0. The first kappa shape index (κ1) is 14.6. The molecule has 2 aliphatic carbocycles. The second-order valence-electron chi connectivity index (χ2n) is 6.32. The highest BCUT2D eigenvalue weighted by molar-refractivity contribution is 5.80. The van der Waals surface area contributed by atoms with Gasteiger partial charge in [-0.2, -0.15) is 0 Å². The molecule has 0 aromatic rings. The molecule has 0 bridgehead atoms. The Balaban J connectivity index is 1.93. The molecular formula is C17H29NO. The number of hydrogen-bond donors (Lipinski definition) is 0. The molecule has 19 heavy (non-hydrogen) atoms. The minimum Gasteiger partial charge on any atom is -0.342 e. The quantitative estimate of drug-likeness (QED) is 0.682. The van der Waals surface area contributed by atoms with E-state index in [-0.39, 0.29) is 5.92 Å². The molecule has 0 N–H and O–H groups in total. The third-order valence-electron chi connectivity index (χ3n) is 4.96. The van der Waals surface area contributed by atoms with Gasteiger partial charge in [0, 0.05) is 13.1 Å². The van der Waals surface area contributed by atoms with Crippen molar-refractivity contribution in [2.45, 2.75) is 70.8 Å². The van der Waals surface area contributed by atoms with Crippen LogP contribution in [0.2, 0.25) is 0 Å². The molecule has 0 aromatic carbocycles. The Morgan fingerprint density at radius 3 is 2.79 bits per heavy atom. The summed E-state index contributed by atoms with van der Waals surface area (Å²) < 4.78 is 0. The smallest absolute Gasteiger partial charge is 0.229 e. The average Bonchev–Trinajstić information content (AvgIpc) is 2.92. The zero-order valence-electron chi connectivity index (χ0n) is 12.6. The van der Waals surface area contributed by atoms with Crippen LogP contribution in [0, 0.1) is 11.8 Å². The molecule has 108 valence electrons. The molecule has 0 aliphatic heterocycles. The summed E-state index contributed by atoms with van der Waals surface area (Å²) in [6.45, 7) is 2.26. The number of amides is 1. The van der Waals surface area contributed by atoms with Gasteiger partial charge in [-0.3, -0.25) is 4.79 Å². The van der Waals surface area contributed by atoms with Crippen molar-refractivity contribution in [1.29, 1.82) is 0 Å². The molecule has 1 fully saturated rings. The molecule has 0 saturated heterocycles. The van der Waals surface area contributed by atoms with Crippen LogP contribution < -0.4 is 0 Å². The van der Waals surface area contributed by atoms with Crippen LogP contribution in [0.5, 0.6) is 0 Å². The van der Waals surface area contributed by atoms with Gasteiger partial charge in [-0.25, -0.2) is 0 Å². The Labute approximate surface area is 118 Å². The molecule has 2 heteroatoms. The van der Waals surface area contributed by atoms with Crippen molar-refractivity contribution in [2.75, 3.05) is 7.05 Å². The van der Waals surface area contributed by atoms with Gasteiger partial charge in [-0.1, -0.05) is 38.3 Å². The second-order valence-corrected chi connectivity index (χ2v) is 6.32. The summed E-state index contributed by atoms with van der Waals surface area (Å²) in [6.07, 6.45) is 15.4. The van der Waals surface area contributed by atoms with Crippen LogP contribution in [-0.2, 0) is 4.79 Å². The van der Waals surface area contributed by atoms with Gasteiger partial charge in [-0.15, -0.1) is 0 Å². The number of carbonyl (C=O) groups excluding carboxylic acids is 1. The predicted molar refractivity (Wildman–Crippen MR) is 79.9 cm³/mol. The molecule has 2 aliphatic rings. The monoisotopic (exact) mass is 263 g/mol. The van der Waals surface area contributed by atoms with Crippen LogP contribution in [0.25, 0.3) is 0 Å². The molecular weight excluding hydrogens is 234 g/mol. The first-order chi connectivity index (χ1) is 9.24. The summed E-state index contributed by atoms with van der Waals surface area (Å²) in [4.78, 5) is 14.7. The zero-order valence-corrected chi connectivity index (χ0v) is 12.6. The van der Waals surface area contributed by atoms with Crippen LogP contribution in [0.1, 0.15) is 64.7 Å². The molecule has 0 aromatic heterocycles. The van der Waals surface area contributed by atoms with E-state index in [0.29, 0.717) is 11.9 Å². The highest BCUT2D eigenvalue weighted by Crippen LogP contribution is 2.34. The van der Waals surface area contributed by atoms with Crippen molar-refractivity contribution in [3.05, 3.63) is 12.2 Å². The third-order valence-corrected chi connectivity index (χ3v) is 4.96. The highest BCUT2D eigenvalue weighted by Gasteiger charge is 2.34. The Kier molecular flexibility index (Phi) is 5.47. The van der Waals surface area contributed by atoms with Gasteiger partial charge >= 0.3 is 0 Å². The van der Waals surface area contributed by atoms with E-state index < -0.39 is 0 Å². The van der Waals surface area contributed by atoms with Crippen LogP contribution in [0.4, 0.5) is 0 Å². The van der Waals surface area contributed by atoms with E-state index in [2.05, 4.69) is 24.0 Å². The molecule has 3 atom stereocenters.